The molecule has 5 rings (SSSR count). The van der Waals surface area contributed by atoms with E-state index in [9.17, 15) is 4.79 Å². The van der Waals surface area contributed by atoms with Crippen LogP contribution in [0.15, 0.2) is 53.6 Å². The number of hydrogen-bond acceptors (Lipinski definition) is 4. The molecule has 23 heavy (non-hydrogen) atoms. The van der Waals surface area contributed by atoms with Crippen LogP contribution in [0.2, 0.25) is 0 Å². The Morgan fingerprint density at radius 1 is 1.22 bits per heavy atom. The van der Waals surface area contributed by atoms with Gasteiger partial charge in [-0.15, -0.1) is 0 Å². The summed E-state index contributed by atoms with van der Waals surface area (Å²) in [5.74, 6) is 0.571. The number of hydrogen-bond donors (Lipinski definition) is 1. The Balaban J connectivity index is 1.79. The van der Waals surface area contributed by atoms with E-state index < -0.39 is 5.72 Å². The van der Waals surface area contributed by atoms with E-state index >= 15 is 0 Å². The van der Waals surface area contributed by atoms with Crippen molar-refractivity contribution >= 4 is 17.3 Å². The summed E-state index contributed by atoms with van der Waals surface area (Å²) < 4.78 is 6.29. The number of fused-ring (bicyclic) bond motifs is 6. The van der Waals surface area contributed by atoms with Gasteiger partial charge in [0.2, 0.25) is 0 Å². The van der Waals surface area contributed by atoms with Gasteiger partial charge in [-0.2, -0.15) is 5.10 Å². The summed E-state index contributed by atoms with van der Waals surface area (Å²) in [6.07, 6.45) is 0.803. The molecule has 0 radical (unpaired) electrons. The maximum atomic E-state index is 12.9. The minimum atomic E-state index is -1.21. The largest absolute Gasteiger partial charge is 0.453 e. The number of para-hydroxylation sites is 2. The second-order valence-corrected chi connectivity index (χ2v) is 6.18. The Hall–Kier alpha value is -2.82. The number of carbonyl (C=O) groups excluding carboxylic acids is 1. The Labute approximate surface area is 133 Å². The van der Waals surface area contributed by atoms with E-state index in [1.54, 1.807) is 0 Å². The minimum Gasteiger partial charge on any atom is -0.453 e. The van der Waals surface area contributed by atoms with Gasteiger partial charge >= 0.3 is 5.72 Å². The summed E-state index contributed by atoms with van der Waals surface area (Å²) in [4.78, 5) is 12.9. The second kappa shape index (κ2) is 4.13. The highest BCUT2D eigenvalue weighted by Crippen LogP contribution is 2.53. The van der Waals surface area contributed by atoms with Gasteiger partial charge in [0.15, 0.2) is 0 Å². The van der Waals surface area contributed by atoms with E-state index in [2.05, 4.69) is 10.4 Å². The summed E-state index contributed by atoms with van der Waals surface area (Å²) in [5, 5.41) is 9.44. The van der Waals surface area contributed by atoms with E-state index in [1.165, 1.54) is 0 Å². The zero-order valence-electron chi connectivity index (χ0n) is 12.6. The molecule has 1 N–H and O–H groups in total. The number of ether oxygens (including phenoxy) is 1. The van der Waals surface area contributed by atoms with Gasteiger partial charge in [-0.25, -0.2) is 5.01 Å². The third-order valence-electron chi connectivity index (χ3n) is 4.77. The molecule has 0 aromatic heterocycles. The average molecular weight is 305 g/mol. The van der Waals surface area contributed by atoms with E-state index in [1.807, 2.05) is 60.5 Å². The van der Waals surface area contributed by atoms with Gasteiger partial charge in [-0.3, -0.25) is 4.79 Å². The molecular formula is C18H15N3O2. The maximum Gasteiger partial charge on any atom is 0.306 e. The van der Waals surface area contributed by atoms with Crippen molar-refractivity contribution in [2.24, 2.45) is 5.10 Å². The van der Waals surface area contributed by atoms with Crippen molar-refractivity contribution in [2.75, 3.05) is 5.32 Å². The first-order valence-corrected chi connectivity index (χ1v) is 7.72. The standard InChI is InChI=1S/C18H15N3O2/c1-11-10-15-12-6-2-5-9-16(12)23-18(21(15)20-11)13-7-3-4-8-14(13)19-17(18)22/h2-9,15H,10H2,1H3,(H,19,22)/t15-,18+/m0/s1. The molecule has 0 saturated carbocycles. The molecule has 2 aromatic rings. The lowest BCUT2D eigenvalue weighted by atomic mass is 9.93. The minimum absolute atomic E-state index is 0.0249. The van der Waals surface area contributed by atoms with Gasteiger partial charge in [0.25, 0.3) is 5.91 Å². The van der Waals surface area contributed by atoms with Gasteiger partial charge < -0.3 is 10.1 Å². The normalized spacial score (nSPS) is 27.0. The summed E-state index contributed by atoms with van der Waals surface area (Å²) in [6, 6.07) is 15.6. The van der Waals surface area contributed by atoms with E-state index in [0.717, 1.165) is 34.7 Å². The van der Waals surface area contributed by atoms with Crippen LogP contribution in [0.4, 0.5) is 5.69 Å². The molecular weight excluding hydrogens is 290 g/mol. The predicted molar refractivity (Wildman–Crippen MR) is 86.1 cm³/mol. The molecule has 1 spiro atoms. The third-order valence-corrected chi connectivity index (χ3v) is 4.77. The lowest BCUT2D eigenvalue weighted by molar-refractivity contribution is -0.161. The molecule has 5 nitrogen and oxygen atoms in total. The number of nitrogens with zero attached hydrogens (tertiary/aromatic N) is 2. The van der Waals surface area contributed by atoms with E-state index in [-0.39, 0.29) is 11.9 Å². The van der Waals surface area contributed by atoms with Crippen LogP contribution in [-0.2, 0) is 10.5 Å². The smallest absolute Gasteiger partial charge is 0.306 e. The van der Waals surface area contributed by atoms with Crippen LogP contribution in [0.5, 0.6) is 5.75 Å². The van der Waals surface area contributed by atoms with Crippen molar-refractivity contribution in [3.8, 4) is 5.75 Å². The van der Waals surface area contributed by atoms with E-state index in [4.69, 9.17) is 4.74 Å². The number of amides is 1. The summed E-state index contributed by atoms with van der Waals surface area (Å²) in [7, 11) is 0. The maximum absolute atomic E-state index is 12.9. The molecule has 1 amide bonds. The molecule has 0 saturated heterocycles. The molecule has 2 atom stereocenters. The molecule has 0 fully saturated rings. The Morgan fingerprint density at radius 3 is 2.91 bits per heavy atom. The number of nitrogens with one attached hydrogen (secondary N) is 1. The Kier molecular flexibility index (Phi) is 2.28. The van der Waals surface area contributed by atoms with Crippen molar-refractivity contribution < 1.29 is 9.53 Å². The first kappa shape index (κ1) is 12.7. The van der Waals surface area contributed by atoms with Gasteiger partial charge in [-0.1, -0.05) is 36.4 Å². The molecule has 3 aliphatic heterocycles. The van der Waals surface area contributed by atoms with Crippen LogP contribution < -0.4 is 10.1 Å². The number of carbonyl (C=O) groups is 1. The molecule has 0 unspecified atom stereocenters. The SMILES string of the molecule is CC1=NN2[C@@H](C1)c1ccccc1O[C@]21C(=O)Nc2ccccc21. The summed E-state index contributed by atoms with van der Waals surface area (Å²) in [6.45, 7) is 1.99. The third kappa shape index (κ3) is 1.46. The van der Waals surface area contributed by atoms with Gasteiger partial charge in [-0.05, 0) is 19.1 Å². The number of benzene rings is 2. The molecule has 3 aliphatic rings. The monoisotopic (exact) mass is 305 g/mol. The molecule has 114 valence electrons. The average Bonchev–Trinajstić information content (AvgIpc) is 3.08. The van der Waals surface area contributed by atoms with Crippen LogP contribution >= 0.6 is 0 Å². The summed E-state index contributed by atoms with van der Waals surface area (Å²) in [5.41, 5.74) is 2.48. The highest BCUT2D eigenvalue weighted by atomic mass is 16.5. The van der Waals surface area contributed by atoms with Crippen LogP contribution in [0.3, 0.4) is 0 Å². The fourth-order valence-electron chi connectivity index (χ4n) is 3.79. The first-order valence-electron chi connectivity index (χ1n) is 7.72. The second-order valence-electron chi connectivity index (χ2n) is 6.18. The summed E-state index contributed by atoms with van der Waals surface area (Å²) >= 11 is 0. The zero-order valence-corrected chi connectivity index (χ0v) is 12.6. The molecule has 2 aromatic carbocycles. The quantitative estimate of drug-likeness (QED) is 0.814. The van der Waals surface area contributed by atoms with Crippen LogP contribution in [-0.4, -0.2) is 16.6 Å². The fraction of sp³-hybridized carbons (Fsp3) is 0.222. The number of rotatable bonds is 0. The van der Waals surface area contributed by atoms with E-state index in [0.29, 0.717) is 0 Å². The van der Waals surface area contributed by atoms with Crippen molar-refractivity contribution in [1.82, 2.24) is 5.01 Å². The van der Waals surface area contributed by atoms with Gasteiger partial charge in [0.05, 0.1) is 17.3 Å². The topological polar surface area (TPSA) is 53.9 Å². The number of hydrazone groups is 1. The molecule has 5 heteroatoms. The van der Waals surface area contributed by atoms with Crippen molar-refractivity contribution in [1.29, 1.82) is 0 Å². The number of anilines is 1. The van der Waals surface area contributed by atoms with Crippen LogP contribution in [0.1, 0.15) is 30.5 Å². The molecule has 0 aliphatic carbocycles. The van der Waals surface area contributed by atoms with Crippen LogP contribution in [0.25, 0.3) is 0 Å². The fourth-order valence-corrected chi connectivity index (χ4v) is 3.79. The van der Waals surface area contributed by atoms with Gasteiger partial charge in [0.1, 0.15) is 5.75 Å². The predicted octanol–water partition coefficient (Wildman–Crippen LogP) is 3.01. The van der Waals surface area contributed by atoms with Crippen LogP contribution in [0, 0.1) is 0 Å². The van der Waals surface area contributed by atoms with Crippen molar-refractivity contribution in [3.05, 3.63) is 59.7 Å². The molecule has 0 bridgehead atoms. The zero-order chi connectivity index (χ0) is 15.6. The van der Waals surface area contributed by atoms with Crippen molar-refractivity contribution in [2.45, 2.75) is 25.1 Å². The lowest BCUT2D eigenvalue weighted by Crippen LogP contribution is -2.55. The van der Waals surface area contributed by atoms with Crippen molar-refractivity contribution in [3.63, 3.8) is 0 Å². The highest BCUT2D eigenvalue weighted by molar-refractivity contribution is 6.05. The van der Waals surface area contributed by atoms with Gasteiger partial charge in [0, 0.05) is 17.7 Å². The Bertz CT molecular complexity index is 876. The molecule has 3 heterocycles. The lowest BCUT2D eigenvalue weighted by Gasteiger charge is -2.44. The highest BCUT2D eigenvalue weighted by Gasteiger charge is 2.60. The Morgan fingerprint density at radius 2 is 2.00 bits per heavy atom. The first-order chi connectivity index (χ1) is 11.2.